The number of alkyl halides is 2. The van der Waals surface area contributed by atoms with Crippen LogP contribution < -0.4 is 5.32 Å². The molecule has 1 rings (SSSR count). The molecule has 0 aromatic heterocycles. The monoisotopic (exact) mass is 313 g/mol. The van der Waals surface area contributed by atoms with Crippen molar-refractivity contribution in [2.75, 3.05) is 0 Å². The minimum atomic E-state index is -3.73. The van der Waals surface area contributed by atoms with Crippen LogP contribution in [0.3, 0.4) is 0 Å². The summed E-state index contributed by atoms with van der Waals surface area (Å²) in [5.74, 6) is -5.06. The molecule has 0 heterocycles. The van der Waals surface area contributed by atoms with E-state index in [1.807, 2.05) is 0 Å². The van der Waals surface area contributed by atoms with Crippen molar-refractivity contribution in [1.82, 2.24) is 5.32 Å². The van der Waals surface area contributed by atoms with Crippen LogP contribution in [0.5, 0.6) is 0 Å². The number of amides is 1. The average molecular weight is 313 g/mol. The highest BCUT2D eigenvalue weighted by molar-refractivity contribution is 5.85. The molecule has 1 amide bonds. The fraction of sp³-hybridized carbons (Fsp3) is 0.500. The van der Waals surface area contributed by atoms with Crippen molar-refractivity contribution >= 4 is 11.9 Å². The highest BCUT2D eigenvalue weighted by Gasteiger charge is 2.47. The normalized spacial score (nSPS) is 13.4. The summed E-state index contributed by atoms with van der Waals surface area (Å²) in [4.78, 5) is 23.2. The van der Waals surface area contributed by atoms with Crippen LogP contribution in [0.15, 0.2) is 24.3 Å². The van der Waals surface area contributed by atoms with Crippen LogP contribution in [0.1, 0.15) is 44.9 Å². The maximum absolute atomic E-state index is 14.2. The maximum Gasteiger partial charge on any atom is 0.408 e. The molecule has 6 heteroatoms. The fourth-order valence-electron chi connectivity index (χ4n) is 1.90. The number of hydrogen-bond donors (Lipinski definition) is 1. The number of alkyl carbamates (subject to hydrolysis) is 1. The Kier molecular flexibility index (Phi) is 5.27. The average Bonchev–Trinajstić information content (AvgIpc) is 2.34. The lowest BCUT2D eigenvalue weighted by Crippen LogP contribution is -2.46. The molecule has 1 N–H and O–H groups in total. The summed E-state index contributed by atoms with van der Waals surface area (Å²) < 4.78 is 33.5. The van der Waals surface area contributed by atoms with Gasteiger partial charge in [-0.25, -0.2) is 4.79 Å². The van der Waals surface area contributed by atoms with E-state index in [2.05, 4.69) is 5.32 Å². The first-order chi connectivity index (χ1) is 9.95. The summed E-state index contributed by atoms with van der Waals surface area (Å²) >= 11 is 0. The summed E-state index contributed by atoms with van der Waals surface area (Å²) in [6.45, 7) is 7.30. The molecule has 0 spiro atoms. The van der Waals surface area contributed by atoms with Crippen LogP contribution in [0.2, 0.25) is 0 Å². The van der Waals surface area contributed by atoms with Gasteiger partial charge in [0.1, 0.15) is 11.6 Å². The Morgan fingerprint density at radius 3 is 2.18 bits per heavy atom. The molecule has 0 saturated carbocycles. The SMILES string of the molecule is CC(=O)C(F)(F)C(NC(=O)OC(C)(C)C)c1ccccc1C. The molecule has 1 aromatic carbocycles. The number of carbonyl (C=O) groups excluding carboxylic acids is 2. The zero-order valence-electron chi connectivity index (χ0n) is 13.4. The fourth-order valence-corrected chi connectivity index (χ4v) is 1.90. The topological polar surface area (TPSA) is 55.4 Å². The summed E-state index contributed by atoms with van der Waals surface area (Å²) in [6, 6.07) is 4.57. The first-order valence-electron chi connectivity index (χ1n) is 6.89. The molecule has 0 saturated heterocycles. The van der Waals surface area contributed by atoms with Crippen LogP contribution in [0.4, 0.5) is 13.6 Å². The van der Waals surface area contributed by atoms with Crippen molar-refractivity contribution < 1.29 is 23.1 Å². The minimum Gasteiger partial charge on any atom is -0.444 e. The van der Waals surface area contributed by atoms with Crippen molar-refractivity contribution in [1.29, 1.82) is 0 Å². The smallest absolute Gasteiger partial charge is 0.408 e. The third-order valence-corrected chi connectivity index (χ3v) is 2.99. The van der Waals surface area contributed by atoms with E-state index in [1.165, 1.54) is 6.07 Å². The first kappa shape index (κ1) is 18.1. The number of ketones is 1. The van der Waals surface area contributed by atoms with E-state index in [0.717, 1.165) is 6.92 Å². The maximum atomic E-state index is 14.2. The van der Waals surface area contributed by atoms with Gasteiger partial charge in [-0.05, 0) is 38.8 Å². The van der Waals surface area contributed by atoms with Gasteiger partial charge in [0.15, 0.2) is 0 Å². The predicted molar refractivity (Wildman–Crippen MR) is 78.9 cm³/mol. The van der Waals surface area contributed by atoms with Gasteiger partial charge in [-0.1, -0.05) is 24.3 Å². The Morgan fingerprint density at radius 1 is 1.18 bits per heavy atom. The van der Waals surface area contributed by atoms with E-state index in [0.29, 0.717) is 5.56 Å². The largest absolute Gasteiger partial charge is 0.444 e. The highest BCUT2D eigenvalue weighted by Crippen LogP contribution is 2.34. The number of aryl methyl sites for hydroxylation is 1. The van der Waals surface area contributed by atoms with Gasteiger partial charge in [-0.2, -0.15) is 8.78 Å². The summed E-state index contributed by atoms with van der Waals surface area (Å²) in [6.07, 6.45) is -0.998. The van der Waals surface area contributed by atoms with E-state index in [-0.39, 0.29) is 5.56 Å². The third-order valence-electron chi connectivity index (χ3n) is 2.99. The van der Waals surface area contributed by atoms with Crippen molar-refractivity contribution in [2.45, 2.75) is 52.2 Å². The molecule has 0 aliphatic carbocycles. The van der Waals surface area contributed by atoms with Crippen molar-refractivity contribution in [3.8, 4) is 0 Å². The van der Waals surface area contributed by atoms with E-state index in [9.17, 15) is 18.4 Å². The third kappa shape index (κ3) is 4.51. The molecule has 0 aliphatic heterocycles. The zero-order chi connectivity index (χ0) is 17.1. The standard InChI is InChI=1S/C16H21F2NO3/c1-10-8-6-7-9-12(10)13(16(17,18)11(2)20)19-14(21)22-15(3,4)5/h6-9,13H,1-5H3,(H,19,21). The van der Waals surface area contributed by atoms with Crippen LogP contribution in [-0.2, 0) is 9.53 Å². The lowest BCUT2D eigenvalue weighted by Gasteiger charge is -2.29. The van der Waals surface area contributed by atoms with E-state index in [4.69, 9.17) is 4.74 Å². The Bertz CT molecular complexity index is 565. The molecule has 1 atom stereocenters. The van der Waals surface area contributed by atoms with Gasteiger partial charge in [-0.15, -0.1) is 0 Å². The van der Waals surface area contributed by atoms with E-state index < -0.39 is 29.4 Å². The molecule has 1 aromatic rings. The van der Waals surface area contributed by atoms with Gasteiger partial charge in [0, 0.05) is 6.92 Å². The minimum absolute atomic E-state index is 0.175. The lowest BCUT2D eigenvalue weighted by atomic mass is 9.94. The van der Waals surface area contributed by atoms with Gasteiger partial charge in [0.25, 0.3) is 0 Å². The van der Waals surface area contributed by atoms with Crippen LogP contribution in [-0.4, -0.2) is 23.4 Å². The Hall–Kier alpha value is -1.98. The Morgan fingerprint density at radius 2 is 1.73 bits per heavy atom. The number of ether oxygens (including phenoxy) is 1. The number of benzene rings is 1. The molecule has 0 radical (unpaired) electrons. The second-order valence-corrected chi connectivity index (χ2v) is 6.11. The van der Waals surface area contributed by atoms with Crippen LogP contribution in [0.25, 0.3) is 0 Å². The molecule has 4 nitrogen and oxygen atoms in total. The number of rotatable bonds is 4. The molecular formula is C16H21F2NO3. The molecule has 0 bridgehead atoms. The van der Waals surface area contributed by atoms with Crippen LogP contribution in [0, 0.1) is 6.92 Å². The first-order valence-corrected chi connectivity index (χ1v) is 6.89. The summed E-state index contributed by atoms with van der Waals surface area (Å²) in [5.41, 5.74) is -0.107. The number of Topliss-reactive ketones (excluding diaryl/α,β-unsaturated/α-hetero) is 1. The molecule has 122 valence electrons. The lowest BCUT2D eigenvalue weighted by molar-refractivity contribution is -0.145. The Labute approximate surface area is 128 Å². The van der Waals surface area contributed by atoms with Crippen molar-refractivity contribution in [2.24, 2.45) is 0 Å². The number of halogens is 2. The molecule has 22 heavy (non-hydrogen) atoms. The van der Waals surface area contributed by atoms with E-state index >= 15 is 0 Å². The Balaban J connectivity index is 3.17. The highest BCUT2D eigenvalue weighted by atomic mass is 19.3. The number of hydrogen-bond acceptors (Lipinski definition) is 3. The van der Waals surface area contributed by atoms with E-state index in [1.54, 1.807) is 45.9 Å². The van der Waals surface area contributed by atoms with Crippen LogP contribution >= 0.6 is 0 Å². The quantitative estimate of drug-likeness (QED) is 0.920. The second kappa shape index (κ2) is 6.42. The number of carbonyl (C=O) groups is 2. The molecular weight excluding hydrogens is 292 g/mol. The van der Waals surface area contributed by atoms with Gasteiger partial charge in [0.05, 0.1) is 0 Å². The van der Waals surface area contributed by atoms with Crippen molar-refractivity contribution in [3.63, 3.8) is 0 Å². The molecule has 0 aliphatic rings. The number of nitrogens with one attached hydrogen (secondary N) is 1. The van der Waals surface area contributed by atoms with Gasteiger partial charge in [-0.3, -0.25) is 4.79 Å². The van der Waals surface area contributed by atoms with Crippen molar-refractivity contribution in [3.05, 3.63) is 35.4 Å². The zero-order valence-corrected chi connectivity index (χ0v) is 13.4. The molecule has 1 unspecified atom stereocenters. The van der Waals surface area contributed by atoms with Gasteiger partial charge >= 0.3 is 12.0 Å². The predicted octanol–water partition coefficient (Wildman–Crippen LogP) is 3.79. The van der Waals surface area contributed by atoms with Gasteiger partial charge in [0.2, 0.25) is 5.78 Å². The summed E-state index contributed by atoms with van der Waals surface area (Å²) in [7, 11) is 0. The molecule has 0 fully saturated rings. The summed E-state index contributed by atoms with van der Waals surface area (Å²) in [5, 5.41) is 2.12. The second-order valence-electron chi connectivity index (χ2n) is 6.11. The van der Waals surface area contributed by atoms with Gasteiger partial charge < -0.3 is 10.1 Å².